The third kappa shape index (κ3) is 3.75. The molecular formula is C19H24N2O4S. The van der Waals surface area contributed by atoms with Crippen molar-refractivity contribution in [2.75, 3.05) is 5.32 Å². The number of aliphatic hydroxyl groups is 1. The normalized spacial score (nSPS) is 21.2. The number of carbonyl (C=O) groups is 1. The van der Waals surface area contributed by atoms with Crippen LogP contribution in [0.25, 0.3) is 10.8 Å². The summed E-state index contributed by atoms with van der Waals surface area (Å²) in [7, 11) is -3.73. The lowest BCUT2D eigenvalue weighted by Gasteiger charge is -2.37. The Labute approximate surface area is 153 Å². The average Bonchev–Trinajstić information content (AvgIpc) is 2.57. The van der Waals surface area contributed by atoms with Crippen molar-refractivity contribution >= 4 is 32.4 Å². The number of aliphatic hydroxyl groups excluding tert-OH is 1. The molecule has 7 heteroatoms. The second-order valence-electron chi connectivity index (χ2n) is 6.86. The lowest BCUT2D eigenvalue weighted by Crippen LogP contribution is -2.46. The summed E-state index contributed by atoms with van der Waals surface area (Å²) in [4.78, 5) is 11.6. The van der Waals surface area contributed by atoms with E-state index in [0.29, 0.717) is 35.7 Å². The Morgan fingerprint density at radius 3 is 2.42 bits per heavy atom. The average molecular weight is 376 g/mol. The molecule has 0 bridgehead atoms. The molecule has 1 saturated carbocycles. The Hall–Kier alpha value is -1.96. The van der Waals surface area contributed by atoms with Gasteiger partial charge in [-0.25, -0.2) is 13.1 Å². The fraction of sp³-hybridized carbons (Fsp3) is 0.421. The van der Waals surface area contributed by atoms with Gasteiger partial charge in [-0.2, -0.15) is 0 Å². The van der Waals surface area contributed by atoms with Gasteiger partial charge in [0.2, 0.25) is 15.9 Å². The molecule has 0 radical (unpaired) electrons. The van der Waals surface area contributed by atoms with Crippen LogP contribution in [0, 0.1) is 5.92 Å². The first-order valence-electron chi connectivity index (χ1n) is 8.81. The molecule has 140 valence electrons. The fourth-order valence-electron chi connectivity index (χ4n) is 3.54. The van der Waals surface area contributed by atoms with Gasteiger partial charge in [0.1, 0.15) is 0 Å². The van der Waals surface area contributed by atoms with E-state index in [0.717, 1.165) is 0 Å². The summed E-state index contributed by atoms with van der Waals surface area (Å²) < 4.78 is 28.8. The Morgan fingerprint density at radius 1 is 1.19 bits per heavy atom. The molecule has 1 fully saturated rings. The molecule has 0 saturated heterocycles. The molecule has 2 aromatic carbocycles. The minimum absolute atomic E-state index is 0.162. The van der Waals surface area contributed by atoms with Gasteiger partial charge in [-0.1, -0.05) is 31.2 Å². The lowest BCUT2D eigenvalue weighted by atomic mass is 9.77. The topological polar surface area (TPSA) is 95.5 Å². The quantitative estimate of drug-likeness (QED) is 0.722. The Bertz CT molecular complexity index is 920. The highest BCUT2D eigenvalue weighted by atomic mass is 32.2. The maximum Gasteiger partial charge on any atom is 0.241 e. The van der Waals surface area contributed by atoms with Gasteiger partial charge in [0.25, 0.3) is 0 Å². The summed E-state index contributed by atoms with van der Waals surface area (Å²) in [5.41, 5.74) is 0.584. The first-order valence-corrected chi connectivity index (χ1v) is 10.3. The van der Waals surface area contributed by atoms with E-state index < -0.39 is 10.0 Å². The molecule has 3 rings (SSSR count). The number of benzene rings is 2. The minimum atomic E-state index is -3.73. The molecule has 0 spiro atoms. The van der Waals surface area contributed by atoms with Crippen LogP contribution >= 0.6 is 0 Å². The van der Waals surface area contributed by atoms with E-state index in [1.807, 2.05) is 13.0 Å². The molecule has 1 atom stereocenters. The Morgan fingerprint density at radius 2 is 1.85 bits per heavy atom. The summed E-state index contributed by atoms with van der Waals surface area (Å²) in [5.74, 6) is -0.0480. The van der Waals surface area contributed by atoms with E-state index >= 15 is 0 Å². The summed E-state index contributed by atoms with van der Waals surface area (Å²) in [6.45, 7) is 3.36. The van der Waals surface area contributed by atoms with Gasteiger partial charge in [-0.05, 0) is 37.3 Å². The number of nitrogens with one attached hydrogen (secondary N) is 2. The van der Waals surface area contributed by atoms with Gasteiger partial charge in [-0.15, -0.1) is 0 Å². The molecule has 3 N–H and O–H groups in total. The first-order chi connectivity index (χ1) is 12.3. The minimum Gasteiger partial charge on any atom is -0.393 e. The number of hydrogen-bond acceptors (Lipinski definition) is 4. The Balaban J connectivity index is 1.97. The predicted octanol–water partition coefficient (Wildman–Crippen LogP) is 2.63. The highest BCUT2D eigenvalue weighted by molar-refractivity contribution is 7.89. The van der Waals surface area contributed by atoms with Crippen molar-refractivity contribution < 1.29 is 18.3 Å². The second-order valence-corrected chi connectivity index (χ2v) is 8.54. The zero-order valence-corrected chi connectivity index (χ0v) is 15.7. The van der Waals surface area contributed by atoms with Crippen LogP contribution in [0.5, 0.6) is 0 Å². The van der Waals surface area contributed by atoms with Gasteiger partial charge >= 0.3 is 0 Å². The summed E-state index contributed by atoms with van der Waals surface area (Å²) in [6, 6.07) is 10.1. The number of fused-ring (bicyclic) bond motifs is 1. The van der Waals surface area contributed by atoms with Crippen LogP contribution in [0.2, 0.25) is 0 Å². The standard InChI is InChI=1S/C19H24N2O4S/c1-3-17(13-10-14(23)11-13)21-26(24,25)19-9-8-18(20-12(2)22)15-6-4-5-7-16(15)19/h4-9,13-14,17,21,23H,3,10-11H2,1-2H3,(H,20,22)/t13?,14?,17-/m1/s1. The fourth-order valence-corrected chi connectivity index (χ4v) is 5.14. The number of anilines is 1. The second kappa shape index (κ2) is 7.34. The van der Waals surface area contributed by atoms with E-state index in [2.05, 4.69) is 10.0 Å². The van der Waals surface area contributed by atoms with Gasteiger partial charge in [0.05, 0.1) is 11.0 Å². The van der Waals surface area contributed by atoms with Crippen molar-refractivity contribution in [3.05, 3.63) is 36.4 Å². The van der Waals surface area contributed by atoms with E-state index in [4.69, 9.17) is 0 Å². The molecule has 1 aliphatic rings. The van der Waals surface area contributed by atoms with Gasteiger partial charge < -0.3 is 10.4 Å². The zero-order chi connectivity index (χ0) is 18.9. The molecule has 1 aliphatic carbocycles. The Kier molecular flexibility index (Phi) is 5.32. The van der Waals surface area contributed by atoms with Crippen molar-refractivity contribution in [1.29, 1.82) is 0 Å². The third-order valence-electron chi connectivity index (χ3n) is 4.95. The van der Waals surface area contributed by atoms with Gasteiger partial charge in [0, 0.05) is 29.4 Å². The number of sulfonamides is 1. The monoisotopic (exact) mass is 376 g/mol. The largest absolute Gasteiger partial charge is 0.393 e. The third-order valence-corrected chi connectivity index (χ3v) is 6.50. The molecule has 2 aromatic rings. The van der Waals surface area contributed by atoms with Crippen molar-refractivity contribution in [2.45, 2.75) is 50.2 Å². The SMILES string of the molecule is CC[C@@H](NS(=O)(=O)c1ccc(NC(C)=O)c2ccccc12)C1CC(O)C1. The van der Waals surface area contributed by atoms with Crippen LogP contribution in [0.1, 0.15) is 33.1 Å². The maximum atomic E-state index is 13.0. The molecule has 0 heterocycles. The summed E-state index contributed by atoms with van der Waals surface area (Å²) in [6.07, 6.45) is 1.60. The van der Waals surface area contributed by atoms with Crippen LogP contribution < -0.4 is 10.0 Å². The van der Waals surface area contributed by atoms with E-state index in [1.165, 1.54) is 13.0 Å². The van der Waals surface area contributed by atoms with Crippen LogP contribution in [-0.4, -0.2) is 31.6 Å². The number of rotatable bonds is 6. The summed E-state index contributed by atoms with van der Waals surface area (Å²) >= 11 is 0. The van der Waals surface area contributed by atoms with Gasteiger partial charge in [0.15, 0.2) is 0 Å². The molecule has 0 aliphatic heterocycles. The van der Waals surface area contributed by atoms with Crippen LogP contribution in [0.15, 0.2) is 41.3 Å². The smallest absolute Gasteiger partial charge is 0.241 e. The number of hydrogen-bond donors (Lipinski definition) is 3. The highest BCUT2D eigenvalue weighted by Crippen LogP contribution is 2.34. The van der Waals surface area contributed by atoms with Crippen molar-refractivity contribution in [3.8, 4) is 0 Å². The zero-order valence-electron chi connectivity index (χ0n) is 14.9. The lowest BCUT2D eigenvalue weighted by molar-refractivity contribution is -0.114. The molecule has 6 nitrogen and oxygen atoms in total. The maximum absolute atomic E-state index is 13.0. The molecule has 1 amide bonds. The molecule has 26 heavy (non-hydrogen) atoms. The van der Waals surface area contributed by atoms with Gasteiger partial charge in [-0.3, -0.25) is 4.79 Å². The molecule has 0 aromatic heterocycles. The van der Waals surface area contributed by atoms with Crippen LogP contribution in [-0.2, 0) is 14.8 Å². The summed E-state index contributed by atoms with van der Waals surface area (Å²) in [5, 5.41) is 13.5. The first kappa shape index (κ1) is 18.8. The van der Waals surface area contributed by atoms with E-state index in [-0.39, 0.29) is 28.9 Å². The number of carbonyl (C=O) groups excluding carboxylic acids is 1. The highest BCUT2D eigenvalue weighted by Gasteiger charge is 2.35. The van der Waals surface area contributed by atoms with Crippen molar-refractivity contribution in [2.24, 2.45) is 5.92 Å². The van der Waals surface area contributed by atoms with Crippen molar-refractivity contribution in [3.63, 3.8) is 0 Å². The number of amides is 1. The molecular weight excluding hydrogens is 352 g/mol. The van der Waals surface area contributed by atoms with Crippen LogP contribution in [0.4, 0.5) is 5.69 Å². The van der Waals surface area contributed by atoms with E-state index in [1.54, 1.807) is 24.3 Å². The van der Waals surface area contributed by atoms with Crippen molar-refractivity contribution in [1.82, 2.24) is 4.72 Å². The van der Waals surface area contributed by atoms with Crippen LogP contribution in [0.3, 0.4) is 0 Å². The van der Waals surface area contributed by atoms with E-state index in [9.17, 15) is 18.3 Å². The predicted molar refractivity (Wildman–Crippen MR) is 101 cm³/mol. The molecule has 0 unspecified atom stereocenters.